The van der Waals surface area contributed by atoms with Gasteiger partial charge >= 0.3 is 0 Å². The van der Waals surface area contributed by atoms with Crippen LogP contribution in [0.3, 0.4) is 0 Å². The molecule has 4 heteroatoms. The Bertz CT molecular complexity index is 439. The largest absolute Gasteiger partial charge is 0.381 e. The molecule has 0 bridgehead atoms. The third-order valence-electron chi connectivity index (χ3n) is 3.64. The van der Waals surface area contributed by atoms with Crippen LogP contribution >= 0.6 is 0 Å². The van der Waals surface area contributed by atoms with E-state index >= 15 is 0 Å². The van der Waals surface area contributed by atoms with E-state index in [2.05, 4.69) is 5.32 Å². The molecule has 18 heavy (non-hydrogen) atoms. The minimum absolute atomic E-state index is 0.375. The lowest BCUT2D eigenvalue weighted by atomic mass is 9.89. The van der Waals surface area contributed by atoms with E-state index in [1.54, 1.807) is 13.2 Å². The first-order valence-corrected chi connectivity index (χ1v) is 6.25. The van der Waals surface area contributed by atoms with E-state index < -0.39 is 0 Å². The molecule has 4 nitrogen and oxygen atoms in total. The van der Waals surface area contributed by atoms with Gasteiger partial charge in [-0.1, -0.05) is 6.07 Å². The van der Waals surface area contributed by atoms with E-state index in [-0.39, 0.29) is 5.91 Å². The molecule has 0 unspecified atom stereocenters. The smallest absolute Gasteiger partial charge is 0.248 e. The van der Waals surface area contributed by atoms with Crippen LogP contribution in [0.15, 0.2) is 18.2 Å². The molecular weight excluding hydrogens is 228 g/mol. The molecule has 0 spiro atoms. The number of ether oxygens (including phenoxy) is 1. The van der Waals surface area contributed by atoms with Crippen molar-refractivity contribution < 1.29 is 9.53 Å². The lowest BCUT2D eigenvalue weighted by Crippen LogP contribution is -2.44. The van der Waals surface area contributed by atoms with Crippen molar-refractivity contribution in [2.45, 2.75) is 38.5 Å². The van der Waals surface area contributed by atoms with E-state index in [4.69, 9.17) is 10.5 Å². The summed E-state index contributed by atoms with van der Waals surface area (Å²) in [7, 11) is 1.76. The summed E-state index contributed by atoms with van der Waals surface area (Å²) in [6.07, 6.45) is 2.57. The first-order valence-electron chi connectivity index (χ1n) is 6.25. The number of carbonyl (C=O) groups is 1. The minimum atomic E-state index is -0.375. The Kier molecular flexibility index (Phi) is 3.99. The van der Waals surface area contributed by atoms with Crippen LogP contribution in [0.5, 0.6) is 0 Å². The summed E-state index contributed by atoms with van der Waals surface area (Å²) >= 11 is 0. The van der Waals surface area contributed by atoms with Gasteiger partial charge in [0, 0.05) is 25.3 Å². The maximum absolute atomic E-state index is 11.0. The minimum Gasteiger partial charge on any atom is -0.381 e. The molecule has 1 saturated carbocycles. The summed E-state index contributed by atoms with van der Waals surface area (Å²) in [4.78, 5) is 11.0. The van der Waals surface area contributed by atoms with Gasteiger partial charge in [0.15, 0.2) is 0 Å². The Balaban J connectivity index is 1.88. The lowest BCUT2D eigenvalue weighted by molar-refractivity contribution is 0.0170. The van der Waals surface area contributed by atoms with Gasteiger partial charge < -0.3 is 15.8 Å². The molecule has 1 aromatic rings. The summed E-state index contributed by atoms with van der Waals surface area (Å²) in [6.45, 7) is 2.83. The highest BCUT2D eigenvalue weighted by Gasteiger charge is 2.28. The Morgan fingerprint density at radius 3 is 2.78 bits per heavy atom. The fraction of sp³-hybridized carbons (Fsp3) is 0.500. The molecule has 1 aliphatic rings. The van der Waals surface area contributed by atoms with Crippen LogP contribution in [0, 0.1) is 6.92 Å². The third-order valence-corrected chi connectivity index (χ3v) is 3.64. The van der Waals surface area contributed by atoms with Gasteiger partial charge in [-0.3, -0.25) is 4.79 Å². The van der Waals surface area contributed by atoms with Crippen LogP contribution in [0.2, 0.25) is 0 Å². The number of hydrogen-bond acceptors (Lipinski definition) is 3. The van der Waals surface area contributed by atoms with E-state index in [0.717, 1.165) is 24.9 Å². The van der Waals surface area contributed by atoms with Gasteiger partial charge in [0.1, 0.15) is 0 Å². The van der Waals surface area contributed by atoms with Gasteiger partial charge in [-0.2, -0.15) is 0 Å². The normalized spacial score (nSPS) is 22.6. The van der Waals surface area contributed by atoms with E-state index in [0.29, 0.717) is 17.7 Å². The number of aryl methyl sites for hydroxylation is 1. The highest BCUT2D eigenvalue weighted by Crippen LogP contribution is 2.23. The number of hydrogen-bond donors (Lipinski definition) is 2. The number of nitrogens with one attached hydrogen (secondary N) is 1. The van der Waals surface area contributed by atoms with Crippen molar-refractivity contribution >= 4 is 5.91 Å². The molecule has 0 atom stereocenters. The lowest BCUT2D eigenvalue weighted by Gasteiger charge is -2.35. The molecule has 1 fully saturated rings. The van der Waals surface area contributed by atoms with E-state index in [9.17, 15) is 4.79 Å². The average Bonchev–Trinajstić information content (AvgIpc) is 2.28. The number of carbonyl (C=O) groups excluding carboxylic acids is 1. The van der Waals surface area contributed by atoms with Crippen molar-refractivity contribution in [1.29, 1.82) is 0 Å². The molecule has 1 aliphatic carbocycles. The quantitative estimate of drug-likeness (QED) is 0.827. The van der Waals surface area contributed by atoms with Crippen molar-refractivity contribution in [3.8, 4) is 0 Å². The Labute approximate surface area is 108 Å². The second kappa shape index (κ2) is 5.50. The van der Waals surface area contributed by atoms with Crippen LogP contribution in [-0.4, -0.2) is 25.2 Å². The second-order valence-corrected chi connectivity index (χ2v) is 4.91. The van der Waals surface area contributed by atoms with E-state index in [1.807, 2.05) is 19.1 Å². The highest BCUT2D eigenvalue weighted by atomic mass is 16.5. The van der Waals surface area contributed by atoms with Gasteiger partial charge in [-0.25, -0.2) is 0 Å². The number of methoxy groups -OCH3 is 1. The van der Waals surface area contributed by atoms with Crippen molar-refractivity contribution in [2.75, 3.05) is 7.11 Å². The van der Waals surface area contributed by atoms with Crippen molar-refractivity contribution in [1.82, 2.24) is 5.32 Å². The Morgan fingerprint density at radius 2 is 2.22 bits per heavy atom. The van der Waals surface area contributed by atoms with Gasteiger partial charge in [-0.05, 0) is 43.0 Å². The predicted octanol–water partition coefficient (Wildman–Crippen LogP) is 1.36. The summed E-state index contributed by atoms with van der Waals surface area (Å²) in [5.41, 5.74) is 8.12. The number of nitrogens with two attached hydrogens (primary N) is 1. The molecule has 0 aromatic heterocycles. The van der Waals surface area contributed by atoms with Crippen LogP contribution in [0.1, 0.15) is 34.3 Å². The summed E-state index contributed by atoms with van der Waals surface area (Å²) < 4.78 is 5.24. The number of benzene rings is 1. The predicted molar refractivity (Wildman–Crippen MR) is 70.4 cm³/mol. The molecular formula is C14H20N2O2. The van der Waals surface area contributed by atoms with Crippen molar-refractivity contribution in [3.05, 3.63) is 34.9 Å². The van der Waals surface area contributed by atoms with Gasteiger partial charge in [0.2, 0.25) is 5.91 Å². The third kappa shape index (κ3) is 2.89. The highest BCUT2D eigenvalue weighted by molar-refractivity contribution is 5.93. The summed E-state index contributed by atoms with van der Waals surface area (Å²) in [6, 6.07) is 6.14. The van der Waals surface area contributed by atoms with Crippen LogP contribution in [-0.2, 0) is 11.3 Å². The van der Waals surface area contributed by atoms with Crippen LogP contribution < -0.4 is 11.1 Å². The maximum atomic E-state index is 11.0. The van der Waals surface area contributed by atoms with E-state index in [1.165, 1.54) is 5.56 Å². The van der Waals surface area contributed by atoms with Crippen molar-refractivity contribution in [2.24, 2.45) is 5.73 Å². The zero-order chi connectivity index (χ0) is 13.1. The average molecular weight is 248 g/mol. The molecule has 0 heterocycles. The monoisotopic (exact) mass is 248 g/mol. The molecule has 2 rings (SSSR count). The molecule has 1 amide bonds. The molecule has 0 radical (unpaired) electrons. The van der Waals surface area contributed by atoms with Crippen molar-refractivity contribution in [3.63, 3.8) is 0 Å². The molecule has 3 N–H and O–H groups in total. The van der Waals surface area contributed by atoms with Crippen LogP contribution in [0.4, 0.5) is 0 Å². The second-order valence-electron chi connectivity index (χ2n) is 4.91. The summed E-state index contributed by atoms with van der Waals surface area (Å²) in [5, 5.41) is 3.49. The zero-order valence-corrected chi connectivity index (χ0v) is 10.9. The van der Waals surface area contributed by atoms with Gasteiger partial charge in [0.05, 0.1) is 6.10 Å². The molecule has 1 aromatic carbocycles. The fourth-order valence-electron chi connectivity index (χ4n) is 2.23. The van der Waals surface area contributed by atoms with Gasteiger partial charge in [-0.15, -0.1) is 0 Å². The maximum Gasteiger partial charge on any atom is 0.248 e. The molecule has 98 valence electrons. The van der Waals surface area contributed by atoms with Gasteiger partial charge in [0.25, 0.3) is 0 Å². The standard InChI is InChI=1S/C14H20N2O2/c1-9-5-10(14(15)17)3-4-11(9)8-16-12-6-13(7-12)18-2/h3-5,12-13,16H,6-8H2,1-2H3,(H2,15,17). The fourth-order valence-corrected chi connectivity index (χ4v) is 2.23. The molecule has 0 aliphatic heterocycles. The van der Waals surface area contributed by atoms with Crippen LogP contribution in [0.25, 0.3) is 0 Å². The Morgan fingerprint density at radius 1 is 1.50 bits per heavy atom. The number of primary amides is 1. The molecule has 0 saturated heterocycles. The summed E-state index contributed by atoms with van der Waals surface area (Å²) in [5.74, 6) is -0.375. The zero-order valence-electron chi connectivity index (χ0n) is 10.9. The topological polar surface area (TPSA) is 64.3 Å². The first-order chi connectivity index (χ1) is 8.60. The number of amides is 1. The SMILES string of the molecule is COC1CC(NCc2ccc(C(N)=O)cc2C)C1. The first kappa shape index (κ1) is 13.1. The number of rotatable bonds is 5. The Hall–Kier alpha value is -1.39.